The van der Waals surface area contributed by atoms with Gasteiger partial charge in [0.25, 0.3) is 5.91 Å². The van der Waals surface area contributed by atoms with Crippen LogP contribution in [0.2, 0.25) is 0 Å². The number of hydrogen-bond acceptors (Lipinski definition) is 6. The molecule has 0 unspecified atom stereocenters. The van der Waals surface area contributed by atoms with E-state index in [0.717, 1.165) is 5.56 Å². The number of benzene rings is 1. The smallest absolute Gasteiger partial charge is 0.286 e. The fraction of sp³-hybridized carbons (Fsp3) is 0.231. The van der Waals surface area contributed by atoms with Crippen LogP contribution in [0.4, 0.5) is 4.39 Å². The van der Waals surface area contributed by atoms with Crippen LogP contribution in [-0.4, -0.2) is 34.8 Å². The zero-order chi connectivity index (χ0) is 15.0. The van der Waals surface area contributed by atoms with E-state index in [2.05, 4.69) is 10.2 Å². The molecule has 0 aromatic heterocycles. The van der Waals surface area contributed by atoms with Gasteiger partial charge in [0.2, 0.25) is 11.7 Å². The van der Waals surface area contributed by atoms with Crippen LogP contribution in [-0.2, 0) is 11.3 Å². The van der Waals surface area contributed by atoms with Gasteiger partial charge in [-0.05, 0) is 22.9 Å². The van der Waals surface area contributed by atoms with E-state index >= 15 is 0 Å². The summed E-state index contributed by atoms with van der Waals surface area (Å²) in [6, 6.07) is 5.87. The SMILES string of the molecule is NC1=C(N=O)C(=O)N2CCN=C2N1Cc1ccc(F)cc1. The zero-order valence-corrected chi connectivity index (χ0v) is 11.0. The quantitative estimate of drug-likeness (QED) is 0.830. The average molecular weight is 289 g/mol. The highest BCUT2D eigenvalue weighted by atomic mass is 19.1. The van der Waals surface area contributed by atoms with Crippen LogP contribution in [0.1, 0.15) is 5.56 Å². The second-order valence-electron chi connectivity index (χ2n) is 4.68. The van der Waals surface area contributed by atoms with Crippen molar-refractivity contribution < 1.29 is 9.18 Å². The standard InChI is InChI=1S/C13H12FN5O2/c14-9-3-1-8(2-4-9)7-19-11(15)10(17-21)12(20)18-6-5-16-13(18)19/h1-4H,5-7,15H2. The molecule has 0 fully saturated rings. The predicted octanol–water partition coefficient (Wildman–Crippen LogP) is 0.734. The molecule has 0 atom stereocenters. The Bertz CT molecular complexity index is 668. The highest BCUT2D eigenvalue weighted by Crippen LogP contribution is 2.24. The molecular formula is C13H12FN5O2. The number of aliphatic imine (C=N–C) groups is 1. The molecule has 21 heavy (non-hydrogen) atoms. The van der Waals surface area contributed by atoms with Crippen molar-refractivity contribution in [3.63, 3.8) is 0 Å². The lowest BCUT2D eigenvalue weighted by atomic mass is 10.2. The normalized spacial score (nSPS) is 18.0. The van der Waals surface area contributed by atoms with Gasteiger partial charge in [-0.2, -0.15) is 0 Å². The molecule has 0 aliphatic carbocycles. The molecule has 1 aromatic rings. The Morgan fingerprint density at radius 1 is 1.33 bits per heavy atom. The van der Waals surface area contributed by atoms with Crippen molar-refractivity contribution in [3.05, 3.63) is 52.1 Å². The largest absolute Gasteiger partial charge is 0.383 e. The number of nitrogens with zero attached hydrogens (tertiary/aromatic N) is 4. The van der Waals surface area contributed by atoms with Crippen LogP contribution < -0.4 is 5.73 Å². The average Bonchev–Trinajstić information content (AvgIpc) is 2.96. The summed E-state index contributed by atoms with van der Waals surface area (Å²) in [5.41, 5.74) is 6.32. The summed E-state index contributed by atoms with van der Waals surface area (Å²) in [7, 11) is 0. The summed E-state index contributed by atoms with van der Waals surface area (Å²) >= 11 is 0. The molecule has 2 N–H and O–H groups in total. The van der Waals surface area contributed by atoms with Crippen molar-refractivity contribution in [2.24, 2.45) is 15.9 Å². The molecular weight excluding hydrogens is 277 g/mol. The van der Waals surface area contributed by atoms with Gasteiger partial charge < -0.3 is 5.73 Å². The van der Waals surface area contributed by atoms with E-state index in [4.69, 9.17) is 5.73 Å². The number of nitroso groups, excluding NO2 is 1. The molecule has 8 heteroatoms. The first-order chi connectivity index (χ1) is 10.1. The molecule has 3 rings (SSSR count). The summed E-state index contributed by atoms with van der Waals surface area (Å²) in [5, 5.41) is 2.73. The van der Waals surface area contributed by atoms with Crippen LogP contribution >= 0.6 is 0 Å². The van der Waals surface area contributed by atoms with Gasteiger partial charge in [0.05, 0.1) is 13.1 Å². The fourth-order valence-corrected chi connectivity index (χ4v) is 2.35. The van der Waals surface area contributed by atoms with Crippen LogP contribution in [0.25, 0.3) is 0 Å². The third-order valence-corrected chi connectivity index (χ3v) is 3.39. The number of nitrogens with two attached hydrogens (primary N) is 1. The maximum Gasteiger partial charge on any atom is 0.286 e. The Hall–Kier alpha value is -2.77. The van der Waals surface area contributed by atoms with E-state index in [9.17, 15) is 14.1 Å². The Morgan fingerprint density at radius 3 is 2.71 bits per heavy atom. The zero-order valence-electron chi connectivity index (χ0n) is 11.0. The molecule has 0 bridgehead atoms. The number of amides is 1. The van der Waals surface area contributed by atoms with Crippen molar-refractivity contribution in [2.45, 2.75) is 6.54 Å². The maximum absolute atomic E-state index is 12.9. The molecule has 108 valence electrons. The van der Waals surface area contributed by atoms with E-state index in [1.807, 2.05) is 0 Å². The van der Waals surface area contributed by atoms with Gasteiger partial charge in [0.15, 0.2) is 0 Å². The van der Waals surface area contributed by atoms with Gasteiger partial charge in [-0.25, -0.2) is 4.39 Å². The van der Waals surface area contributed by atoms with E-state index in [0.29, 0.717) is 19.0 Å². The number of rotatable bonds is 3. The number of guanidine groups is 1. The van der Waals surface area contributed by atoms with Crippen molar-refractivity contribution in [1.82, 2.24) is 9.80 Å². The summed E-state index contributed by atoms with van der Waals surface area (Å²) in [6.07, 6.45) is 0. The first kappa shape index (κ1) is 13.2. The van der Waals surface area contributed by atoms with Gasteiger partial charge in [-0.3, -0.25) is 19.6 Å². The van der Waals surface area contributed by atoms with E-state index in [-0.39, 0.29) is 23.9 Å². The first-order valence-corrected chi connectivity index (χ1v) is 6.33. The highest BCUT2D eigenvalue weighted by molar-refractivity contribution is 6.09. The summed E-state index contributed by atoms with van der Waals surface area (Å²) in [4.78, 5) is 30.0. The third kappa shape index (κ3) is 2.14. The molecule has 1 aromatic carbocycles. The van der Waals surface area contributed by atoms with Crippen LogP contribution in [0.15, 0.2) is 46.0 Å². The lowest BCUT2D eigenvalue weighted by molar-refractivity contribution is -0.124. The maximum atomic E-state index is 12.9. The number of carbonyl (C=O) groups is 1. The number of fused-ring (bicyclic) bond motifs is 1. The molecule has 7 nitrogen and oxygen atoms in total. The van der Waals surface area contributed by atoms with E-state index < -0.39 is 5.91 Å². The van der Waals surface area contributed by atoms with E-state index in [1.165, 1.54) is 17.0 Å². The minimum absolute atomic E-state index is 0.0313. The Kier molecular flexibility index (Phi) is 3.13. The van der Waals surface area contributed by atoms with Crippen LogP contribution in [0.5, 0.6) is 0 Å². The highest BCUT2D eigenvalue weighted by Gasteiger charge is 2.39. The summed E-state index contributed by atoms with van der Waals surface area (Å²) < 4.78 is 12.9. The molecule has 1 amide bonds. The Labute approximate surface area is 119 Å². The second-order valence-corrected chi connectivity index (χ2v) is 4.68. The van der Waals surface area contributed by atoms with Gasteiger partial charge in [-0.1, -0.05) is 12.1 Å². The lowest BCUT2D eigenvalue weighted by Crippen LogP contribution is -2.51. The van der Waals surface area contributed by atoms with Gasteiger partial charge >= 0.3 is 0 Å². The van der Waals surface area contributed by atoms with Crippen molar-refractivity contribution in [1.29, 1.82) is 0 Å². The topological polar surface area (TPSA) is 91.4 Å². The third-order valence-electron chi connectivity index (χ3n) is 3.39. The first-order valence-electron chi connectivity index (χ1n) is 6.33. The molecule has 2 aliphatic heterocycles. The Balaban J connectivity index is 1.98. The van der Waals surface area contributed by atoms with E-state index in [1.54, 1.807) is 17.0 Å². The predicted molar refractivity (Wildman–Crippen MR) is 73.0 cm³/mol. The molecule has 0 radical (unpaired) electrons. The van der Waals surface area contributed by atoms with Crippen molar-refractivity contribution >= 4 is 11.9 Å². The van der Waals surface area contributed by atoms with Crippen LogP contribution in [0.3, 0.4) is 0 Å². The molecule has 0 spiro atoms. The van der Waals surface area contributed by atoms with Crippen molar-refractivity contribution in [2.75, 3.05) is 13.1 Å². The lowest BCUT2D eigenvalue weighted by Gasteiger charge is -2.34. The molecule has 0 saturated heterocycles. The number of hydrogen-bond donors (Lipinski definition) is 1. The number of carbonyl (C=O) groups excluding carboxylic acids is 1. The monoisotopic (exact) mass is 289 g/mol. The summed E-state index contributed by atoms with van der Waals surface area (Å²) in [6.45, 7) is 1.11. The number of halogens is 1. The molecule has 0 saturated carbocycles. The summed E-state index contributed by atoms with van der Waals surface area (Å²) in [5.74, 6) is -0.509. The minimum atomic E-state index is -0.533. The van der Waals surface area contributed by atoms with Gasteiger partial charge in [-0.15, -0.1) is 4.91 Å². The fourth-order valence-electron chi connectivity index (χ4n) is 2.35. The molecule has 2 aliphatic rings. The van der Waals surface area contributed by atoms with Crippen LogP contribution in [0, 0.1) is 10.7 Å². The minimum Gasteiger partial charge on any atom is -0.383 e. The second kappa shape index (κ2) is 4.97. The Morgan fingerprint density at radius 2 is 2.05 bits per heavy atom. The van der Waals surface area contributed by atoms with Gasteiger partial charge in [0.1, 0.15) is 11.6 Å². The van der Waals surface area contributed by atoms with Crippen molar-refractivity contribution in [3.8, 4) is 0 Å². The molecule has 2 heterocycles. The van der Waals surface area contributed by atoms with Gasteiger partial charge in [0, 0.05) is 6.54 Å².